The quantitative estimate of drug-likeness (QED) is 0.506. The molecule has 4 aromatic rings. The number of benzene rings is 2. The minimum Gasteiger partial charge on any atom is -0.459 e. The van der Waals surface area contributed by atoms with Crippen LogP contribution >= 0.6 is 0 Å². The van der Waals surface area contributed by atoms with Crippen molar-refractivity contribution in [2.75, 3.05) is 5.32 Å². The minimum absolute atomic E-state index is 0.0553. The lowest BCUT2D eigenvalue weighted by Crippen LogP contribution is -2.15. The molecule has 1 amide bonds. The van der Waals surface area contributed by atoms with Crippen molar-refractivity contribution in [2.24, 2.45) is 7.05 Å². The number of rotatable bonds is 6. The molecule has 9 nitrogen and oxygen atoms in total. The van der Waals surface area contributed by atoms with E-state index in [1.54, 1.807) is 43.4 Å². The lowest BCUT2D eigenvalue weighted by Gasteiger charge is -2.08. The van der Waals surface area contributed by atoms with Crippen LogP contribution in [0.25, 0.3) is 11.4 Å². The highest BCUT2D eigenvalue weighted by atomic mass is 32.2. The van der Waals surface area contributed by atoms with Crippen LogP contribution < -0.4 is 5.32 Å². The minimum atomic E-state index is -3.62. The zero-order valence-corrected chi connectivity index (χ0v) is 16.7. The largest absolute Gasteiger partial charge is 0.459 e. The summed E-state index contributed by atoms with van der Waals surface area (Å²) in [7, 11) is -1.91. The Hall–Kier alpha value is -3.79. The average Bonchev–Trinajstić information content (AvgIpc) is 3.37. The molecule has 2 aromatic carbocycles. The van der Waals surface area contributed by atoms with E-state index in [9.17, 15) is 13.2 Å². The average molecular weight is 423 g/mol. The molecular weight excluding hydrogens is 406 g/mol. The van der Waals surface area contributed by atoms with Crippen molar-refractivity contribution in [1.29, 1.82) is 0 Å². The lowest BCUT2D eigenvalue weighted by atomic mass is 10.2. The van der Waals surface area contributed by atoms with Gasteiger partial charge in [0.05, 0.1) is 16.9 Å². The fourth-order valence-electron chi connectivity index (χ4n) is 2.96. The highest BCUT2D eigenvalue weighted by Crippen LogP contribution is 2.23. The summed E-state index contributed by atoms with van der Waals surface area (Å²) < 4.78 is 32.1. The number of aryl methyl sites for hydroxylation is 1. The van der Waals surface area contributed by atoms with Gasteiger partial charge in [0.15, 0.2) is 21.4 Å². The zero-order chi connectivity index (χ0) is 21.1. The number of amides is 1. The van der Waals surface area contributed by atoms with Crippen LogP contribution in [0.5, 0.6) is 0 Å². The molecule has 10 heteroatoms. The summed E-state index contributed by atoms with van der Waals surface area (Å²) in [5, 5.41) is 14.1. The number of sulfone groups is 1. The Morgan fingerprint density at radius 3 is 2.63 bits per heavy atom. The Bertz CT molecular complexity index is 1300. The number of carbonyl (C=O) groups excluding carboxylic acids is 1. The third-order valence-electron chi connectivity index (χ3n) is 4.40. The maximum atomic E-state index is 12.7. The number of nitrogens with zero attached hydrogens (tertiary/aromatic N) is 4. The number of hydrogen-bond donors (Lipinski definition) is 1. The summed E-state index contributed by atoms with van der Waals surface area (Å²) in [5.74, 6) is -0.411. The van der Waals surface area contributed by atoms with Crippen molar-refractivity contribution in [3.8, 4) is 11.4 Å². The van der Waals surface area contributed by atoms with E-state index in [2.05, 4.69) is 20.8 Å². The Balaban J connectivity index is 1.55. The van der Waals surface area contributed by atoms with Crippen LogP contribution in [0.2, 0.25) is 0 Å². The lowest BCUT2D eigenvalue weighted by molar-refractivity contribution is 0.0996. The molecule has 0 spiro atoms. The van der Waals surface area contributed by atoms with Gasteiger partial charge in [-0.3, -0.25) is 4.79 Å². The number of aromatic nitrogens is 4. The second kappa shape index (κ2) is 7.91. The molecule has 0 aliphatic heterocycles. The SMILES string of the molecule is Cn1nnnc1-c1cccc(NC(=O)c2occc2CS(=O)(=O)c2ccccc2)c1. The van der Waals surface area contributed by atoms with Crippen LogP contribution in [-0.2, 0) is 22.6 Å². The van der Waals surface area contributed by atoms with E-state index in [0.717, 1.165) is 0 Å². The number of furan rings is 1. The normalized spacial score (nSPS) is 11.4. The number of anilines is 1. The first-order chi connectivity index (χ1) is 14.4. The highest BCUT2D eigenvalue weighted by Gasteiger charge is 2.22. The molecule has 0 bridgehead atoms. The van der Waals surface area contributed by atoms with Gasteiger partial charge in [-0.25, -0.2) is 13.1 Å². The van der Waals surface area contributed by atoms with Crippen LogP contribution in [0.1, 0.15) is 16.1 Å². The standard InChI is InChI=1S/C20H17N5O4S/c1-25-19(22-23-24-25)14-6-5-7-16(12-14)21-20(26)18-15(10-11-29-18)13-30(27,28)17-8-3-2-4-9-17/h2-12H,13H2,1H3,(H,21,26). The molecule has 0 atom stereocenters. The molecule has 0 saturated carbocycles. The second-order valence-corrected chi connectivity index (χ2v) is 8.50. The van der Waals surface area contributed by atoms with Crippen molar-refractivity contribution in [3.05, 3.63) is 78.3 Å². The van der Waals surface area contributed by atoms with Gasteiger partial charge in [-0.15, -0.1) is 5.10 Å². The van der Waals surface area contributed by atoms with E-state index in [-0.39, 0.29) is 22.0 Å². The Morgan fingerprint density at radius 1 is 1.10 bits per heavy atom. The first-order valence-electron chi connectivity index (χ1n) is 8.92. The molecular formula is C20H17N5O4S. The fourth-order valence-corrected chi connectivity index (χ4v) is 4.34. The molecule has 0 aliphatic rings. The Morgan fingerprint density at radius 2 is 1.90 bits per heavy atom. The molecule has 2 heterocycles. The zero-order valence-electron chi connectivity index (χ0n) is 15.9. The van der Waals surface area contributed by atoms with Crippen LogP contribution in [0.4, 0.5) is 5.69 Å². The van der Waals surface area contributed by atoms with E-state index in [1.165, 1.54) is 29.1 Å². The van der Waals surface area contributed by atoms with Crippen LogP contribution in [0, 0.1) is 0 Å². The first kappa shape index (κ1) is 19.5. The molecule has 0 radical (unpaired) electrons. The summed E-state index contributed by atoms with van der Waals surface area (Å²) >= 11 is 0. The van der Waals surface area contributed by atoms with E-state index >= 15 is 0 Å². The summed E-state index contributed by atoms with van der Waals surface area (Å²) in [5.41, 5.74) is 1.49. The maximum Gasteiger partial charge on any atom is 0.291 e. The van der Waals surface area contributed by atoms with Crippen LogP contribution in [0.3, 0.4) is 0 Å². The number of nitrogens with one attached hydrogen (secondary N) is 1. The van der Waals surface area contributed by atoms with Gasteiger partial charge in [-0.1, -0.05) is 30.3 Å². The van der Waals surface area contributed by atoms with Gasteiger partial charge in [-0.05, 0) is 40.8 Å². The summed E-state index contributed by atoms with van der Waals surface area (Å²) in [6.45, 7) is 0. The molecule has 4 rings (SSSR count). The van der Waals surface area contributed by atoms with E-state index in [1.807, 2.05) is 6.07 Å². The molecule has 0 fully saturated rings. The number of hydrogen-bond acceptors (Lipinski definition) is 7. The predicted molar refractivity (Wildman–Crippen MR) is 108 cm³/mol. The fraction of sp³-hybridized carbons (Fsp3) is 0.100. The molecule has 1 N–H and O–H groups in total. The monoisotopic (exact) mass is 423 g/mol. The second-order valence-electron chi connectivity index (χ2n) is 6.51. The Kier molecular flexibility index (Phi) is 5.15. The van der Waals surface area contributed by atoms with Gasteiger partial charge in [0.2, 0.25) is 0 Å². The molecule has 152 valence electrons. The van der Waals surface area contributed by atoms with Gasteiger partial charge in [0, 0.05) is 23.9 Å². The third kappa shape index (κ3) is 3.98. The summed E-state index contributed by atoms with van der Waals surface area (Å²) in [6, 6.07) is 16.5. The predicted octanol–water partition coefficient (Wildman–Crippen LogP) is 2.70. The molecule has 0 aliphatic carbocycles. The molecule has 0 saturated heterocycles. The molecule has 0 unspecified atom stereocenters. The summed E-state index contributed by atoms with van der Waals surface area (Å²) in [4.78, 5) is 12.9. The van der Waals surface area contributed by atoms with Gasteiger partial charge in [0.25, 0.3) is 5.91 Å². The highest BCUT2D eigenvalue weighted by molar-refractivity contribution is 7.90. The van der Waals surface area contributed by atoms with Crippen molar-refractivity contribution < 1.29 is 17.6 Å². The molecule has 30 heavy (non-hydrogen) atoms. The smallest absolute Gasteiger partial charge is 0.291 e. The van der Waals surface area contributed by atoms with Crippen molar-refractivity contribution in [3.63, 3.8) is 0 Å². The molecule has 2 aromatic heterocycles. The maximum absolute atomic E-state index is 12.7. The van der Waals surface area contributed by atoms with Crippen molar-refractivity contribution in [2.45, 2.75) is 10.6 Å². The van der Waals surface area contributed by atoms with E-state index in [0.29, 0.717) is 17.1 Å². The van der Waals surface area contributed by atoms with E-state index < -0.39 is 15.7 Å². The van der Waals surface area contributed by atoms with Gasteiger partial charge in [-0.2, -0.15) is 0 Å². The third-order valence-corrected chi connectivity index (χ3v) is 6.08. The van der Waals surface area contributed by atoms with Crippen LogP contribution in [0.15, 0.2) is 76.2 Å². The van der Waals surface area contributed by atoms with Gasteiger partial charge >= 0.3 is 0 Å². The first-order valence-corrected chi connectivity index (χ1v) is 10.6. The van der Waals surface area contributed by atoms with Crippen molar-refractivity contribution in [1.82, 2.24) is 20.2 Å². The Labute approximate surface area is 172 Å². The number of tetrazole rings is 1. The number of carbonyl (C=O) groups is 1. The topological polar surface area (TPSA) is 120 Å². The van der Waals surface area contributed by atoms with Crippen molar-refractivity contribution >= 4 is 21.4 Å². The van der Waals surface area contributed by atoms with Gasteiger partial charge < -0.3 is 9.73 Å². The van der Waals surface area contributed by atoms with Crippen LogP contribution in [-0.4, -0.2) is 34.5 Å². The van der Waals surface area contributed by atoms with E-state index in [4.69, 9.17) is 4.42 Å². The summed E-state index contributed by atoms with van der Waals surface area (Å²) in [6.07, 6.45) is 1.30. The van der Waals surface area contributed by atoms with Gasteiger partial charge in [0.1, 0.15) is 0 Å².